The van der Waals surface area contributed by atoms with Gasteiger partial charge in [0.05, 0.1) is 0 Å². The Labute approximate surface area is 176 Å². The molecular weight excluding hydrogens is 336 g/mol. The molecule has 0 heteroatoms. The zero-order valence-corrected chi connectivity index (χ0v) is 19.8. The average Bonchev–Trinajstić information content (AvgIpc) is 3.02. The van der Waals surface area contributed by atoms with E-state index in [-0.39, 0.29) is 0 Å². The normalized spacial score (nSPS) is 47.3. The van der Waals surface area contributed by atoms with Crippen LogP contribution in [0.15, 0.2) is 12.2 Å². The third-order valence-corrected chi connectivity index (χ3v) is 10.9. The van der Waals surface area contributed by atoms with Crippen molar-refractivity contribution < 1.29 is 0 Å². The lowest BCUT2D eigenvalue weighted by Gasteiger charge is -2.60. The van der Waals surface area contributed by atoms with Gasteiger partial charge in [0.2, 0.25) is 0 Å². The van der Waals surface area contributed by atoms with Crippen molar-refractivity contribution in [1.82, 2.24) is 0 Å². The highest BCUT2D eigenvalue weighted by Crippen LogP contribution is 2.66. The Kier molecular flexibility index (Phi) is 5.83. The van der Waals surface area contributed by atoms with Crippen molar-refractivity contribution >= 4 is 0 Å². The van der Waals surface area contributed by atoms with Gasteiger partial charge in [-0.2, -0.15) is 0 Å². The molecule has 4 rings (SSSR count). The Morgan fingerprint density at radius 2 is 1.61 bits per heavy atom. The molecule has 0 spiro atoms. The molecule has 4 aliphatic rings. The lowest BCUT2D eigenvalue weighted by Crippen LogP contribution is -2.52. The van der Waals surface area contributed by atoms with Crippen LogP contribution in [0.1, 0.15) is 106 Å². The van der Waals surface area contributed by atoms with Crippen LogP contribution in [0.2, 0.25) is 0 Å². The Balaban J connectivity index is 1.46. The van der Waals surface area contributed by atoms with Crippen molar-refractivity contribution in [3.8, 4) is 0 Å². The topological polar surface area (TPSA) is 0 Å². The van der Waals surface area contributed by atoms with E-state index in [1.807, 2.05) is 0 Å². The molecule has 0 heterocycles. The average molecular weight is 385 g/mol. The molecule has 0 nitrogen and oxygen atoms in total. The Hall–Kier alpha value is -0.260. The highest BCUT2D eigenvalue weighted by atomic mass is 14.6. The SMILES string of the molecule is CC(C)[C@H](C)CC[C@@H](C)[C@H]1C=C[C@@]2(C)[C@@H]1CC[C@H]1[C@@H]3CCCC[C@@]3(C)CC[C@@H]12. The maximum Gasteiger partial charge on any atom is -0.00815 e. The fraction of sp³-hybridized carbons (Fsp3) is 0.929. The van der Waals surface area contributed by atoms with E-state index in [0.717, 1.165) is 47.3 Å². The molecule has 28 heavy (non-hydrogen) atoms. The number of rotatable bonds is 5. The molecule has 160 valence electrons. The molecule has 9 atom stereocenters. The molecule has 0 aromatic carbocycles. The van der Waals surface area contributed by atoms with Crippen molar-refractivity contribution in [3.05, 3.63) is 12.2 Å². The number of hydrogen-bond acceptors (Lipinski definition) is 0. The largest absolute Gasteiger partial charge is 0.0843 e. The highest BCUT2D eigenvalue weighted by molar-refractivity contribution is 5.20. The number of fused-ring (bicyclic) bond motifs is 5. The summed E-state index contributed by atoms with van der Waals surface area (Å²) in [5.74, 6) is 7.40. The predicted molar refractivity (Wildman–Crippen MR) is 122 cm³/mol. The maximum absolute atomic E-state index is 2.74. The predicted octanol–water partition coefficient (Wildman–Crippen LogP) is 8.52. The van der Waals surface area contributed by atoms with Crippen molar-refractivity contribution in [2.75, 3.05) is 0 Å². The summed E-state index contributed by atoms with van der Waals surface area (Å²) in [6.45, 7) is 15.2. The van der Waals surface area contributed by atoms with Crippen molar-refractivity contribution in [3.63, 3.8) is 0 Å². The van der Waals surface area contributed by atoms with E-state index >= 15 is 0 Å². The van der Waals surface area contributed by atoms with Crippen molar-refractivity contribution in [2.24, 2.45) is 58.2 Å². The van der Waals surface area contributed by atoms with Crippen LogP contribution in [0, 0.1) is 58.2 Å². The van der Waals surface area contributed by atoms with Crippen molar-refractivity contribution in [1.29, 1.82) is 0 Å². The van der Waals surface area contributed by atoms with E-state index in [4.69, 9.17) is 0 Å². The van der Waals surface area contributed by atoms with E-state index in [1.54, 1.807) is 6.42 Å². The lowest BCUT2D eigenvalue weighted by atomic mass is 9.45. The fourth-order valence-electron chi connectivity index (χ4n) is 8.53. The second-order valence-electron chi connectivity index (χ2n) is 12.6. The quantitative estimate of drug-likeness (QED) is 0.417. The van der Waals surface area contributed by atoms with Gasteiger partial charge in [-0.3, -0.25) is 0 Å². The molecule has 0 aromatic heterocycles. The minimum Gasteiger partial charge on any atom is -0.0843 e. The summed E-state index contributed by atoms with van der Waals surface area (Å²) in [4.78, 5) is 0. The molecular formula is C28H48. The van der Waals surface area contributed by atoms with Gasteiger partial charge in [0.1, 0.15) is 0 Å². The van der Waals surface area contributed by atoms with Gasteiger partial charge in [-0.25, -0.2) is 0 Å². The lowest BCUT2D eigenvalue weighted by molar-refractivity contribution is -0.0976. The second-order valence-corrected chi connectivity index (χ2v) is 12.6. The summed E-state index contributed by atoms with van der Waals surface area (Å²) in [7, 11) is 0. The first-order valence-corrected chi connectivity index (χ1v) is 13.0. The molecule has 3 fully saturated rings. The molecule has 0 aromatic rings. The van der Waals surface area contributed by atoms with Gasteiger partial charge in [0, 0.05) is 0 Å². The summed E-state index contributed by atoms with van der Waals surface area (Å²) in [6, 6.07) is 0. The van der Waals surface area contributed by atoms with Gasteiger partial charge in [-0.05, 0) is 103 Å². The van der Waals surface area contributed by atoms with Gasteiger partial charge >= 0.3 is 0 Å². The zero-order chi connectivity index (χ0) is 20.1. The van der Waals surface area contributed by atoms with Crippen LogP contribution < -0.4 is 0 Å². The van der Waals surface area contributed by atoms with Crippen molar-refractivity contribution in [2.45, 2.75) is 106 Å². The first-order valence-electron chi connectivity index (χ1n) is 13.0. The van der Waals surface area contributed by atoms with E-state index in [1.165, 1.54) is 57.8 Å². The summed E-state index contributed by atoms with van der Waals surface area (Å²) in [5.41, 5.74) is 1.19. The van der Waals surface area contributed by atoms with E-state index in [0.29, 0.717) is 10.8 Å². The van der Waals surface area contributed by atoms with Gasteiger partial charge in [-0.15, -0.1) is 0 Å². The molecule has 0 N–H and O–H groups in total. The Morgan fingerprint density at radius 3 is 2.36 bits per heavy atom. The van der Waals surface area contributed by atoms with Gasteiger partial charge < -0.3 is 0 Å². The molecule has 0 saturated heterocycles. The van der Waals surface area contributed by atoms with Crippen LogP contribution in [0.4, 0.5) is 0 Å². The minimum absolute atomic E-state index is 0.504. The molecule has 0 bridgehead atoms. The minimum atomic E-state index is 0.504. The fourth-order valence-corrected chi connectivity index (χ4v) is 8.53. The third-order valence-electron chi connectivity index (χ3n) is 10.9. The highest BCUT2D eigenvalue weighted by Gasteiger charge is 2.58. The smallest absolute Gasteiger partial charge is 0.00815 e. The first-order chi connectivity index (χ1) is 13.3. The van der Waals surface area contributed by atoms with Crippen LogP contribution in [0.5, 0.6) is 0 Å². The molecule has 0 radical (unpaired) electrons. The molecule has 0 amide bonds. The van der Waals surface area contributed by atoms with Crippen LogP contribution in [-0.4, -0.2) is 0 Å². The second kappa shape index (κ2) is 7.77. The van der Waals surface area contributed by atoms with Gasteiger partial charge in [-0.1, -0.05) is 73.0 Å². The number of allylic oxidation sites excluding steroid dienone is 2. The molecule has 4 aliphatic carbocycles. The molecule has 0 aliphatic heterocycles. The maximum atomic E-state index is 2.74. The number of hydrogen-bond donors (Lipinski definition) is 0. The summed E-state index contributed by atoms with van der Waals surface area (Å²) in [5, 5.41) is 0. The van der Waals surface area contributed by atoms with E-state index in [9.17, 15) is 0 Å². The first kappa shape index (κ1) is 21.0. The third kappa shape index (κ3) is 3.43. The summed E-state index contributed by atoms with van der Waals surface area (Å²) < 4.78 is 0. The van der Waals surface area contributed by atoms with Crippen LogP contribution in [0.3, 0.4) is 0 Å². The Morgan fingerprint density at radius 1 is 0.821 bits per heavy atom. The summed E-state index contributed by atoms with van der Waals surface area (Å²) in [6.07, 6.45) is 20.4. The monoisotopic (exact) mass is 384 g/mol. The van der Waals surface area contributed by atoms with Crippen LogP contribution in [-0.2, 0) is 0 Å². The van der Waals surface area contributed by atoms with Crippen LogP contribution in [0.25, 0.3) is 0 Å². The van der Waals surface area contributed by atoms with Gasteiger partial charge in [0.25, 0.3) is 0 Å². The van der Waals surface area contributed by atoms with E-state index < -0.39 is 0 Å². The Bertz CT molecular complexity index is 573. The molecule has 3 saturated carbocycles. The van der Waals surface area contributed by atoms with Crippen LogP contribution >= 0.6 is 0 Å². The van der Waals surface area contributed by atoms with E-state index in [2.05, 4.69) is 53.7 Å². The zero-order valence-electron chi connectivity index (χ0n) is 19.8. The van der Waals surface area contributed by atoms with Gasteiger partial charge in [0.15, 0.2) is 0 Å². The summed E-state index contributed by atoms with van der Waals surface area (Å²) >= 11 is 0. The standard InChI is InChI=1S/C28H48/c1-19(2)20(3)10-11-21(4)22-14-18-28(6)25(22)13-12-23-24-9-7-8-16-27(24,5)17-15-26(23)28/h14,18-26H,7-13,15-17H2,1-6H3/t20-,21-,22-,23+,24+,25-,26+,27+,28+/m1/s1. The molecule has 0 unspecified atom stereocenters.